The van der Waals surface area contributed by atoms with Gasteiger partial charge in [0.25, 0.3) is 0 Å². The summed E-state index contributed by atoms with van der Waals surface area (Å²) in [6.45, 7) is 8.68. The fourth-order valence-electron chi connectivity index (χ4n) is 4.58. The van der Waals surface area contributed by atoms with Crippen molar-refractivity contribution in [2.75, 3.05) is 0 Å². The minimum absolute atomic E-state index is 0.0781. The molecule has 4 heterocycles. The van der Waals surface area contributed by atoms with E-state index in [0.717, 1.165) is 58.7 Å². The number of rotatable bonds is 9. The SMILES string of the molecule is CCCCc1cn(-c2c(C)cnn2C(C)C)c(=O)n1Cc1ccc(-c2ccccc2-c2nnn[nH]2)cn1. The van der Waals surface area contributed by atoms with Crippen molar-refractivity contribution in [2.45, 2.75) is 59.5 Å². The van der Waals surface area contributed by atoms with Crippen LogP contribution in [0.2, 0.25) is 0 Å². The van der Waals surface area contributed by atoms with Crippen LogP contribution >= 0.6 is 0 Å². The van der Waals surface area contributed by atoms with Crippen molar-refractivity contribution in [2.24, 2.45) is 0 Å². The van der Waals surface area contributed by atoms with Crippen LogP contribution in [0.1, 0.15) is 56.6 Å². The molecule has 0 aliphatic carbocycles. The van der Waals surface area contributed by atoms with Crippen LogP contribution in [0.25, 0.3) is 28.3 Å². The van der Waals surface area contributed by atoms with Gasteiger partial charge >= 0.3 is 5.69 Å². The van der Waals surface area contributed by atoms with Crippen molar-refractivity contribution < 1.29 is 0 Å². The molecule has 1 aromatic carbocycles. The number of H-pyrrole nitrogens is 1. The van der Waals surface area contributed by atoms with E-state index in [2.05, 4.69) is 46.5 Å². The molecule has 10 heteroatoms. The Kier molecular flexibility index (Phi) is 6.80. The van der Waals surface area contributed by atoms with Gasteiger partial charge in [-0.1, -0.05) is 43.7 Å². The van der Waals surface area contributed by atoms with Gasteiger partial charge in [0, 0.05) is 40.8 Å². The summed E-state index contributed by atoms with van der Waals surface area (Å²) in [5, 5.41) is 18.8. The topological polar surface area (TPSA) is 112 Å². The van der Waals surface area contributed by atoms with Crippen LogP contribution in [0.3, 0.4) is 0 Å². The molecule has 4 aromatic heterocycles. The molecular formula is C27H31N9O. The maximum absolute atomic E-state index is 13.7. The lowest BCUT2D eigenvalue weighted by Gasteiger charge is -2.11. The Morgan fingerprint density at radius 3 is 2.54 bits per heavy atom. The molecule has 0 spiro atoms. The summed E-state index contributed by atoms with van der Waals surface area (Å²) in [5.74, 6) is 1.42. The first kappa shape index (κ1) is 24.4. The molecule has 0 radical (unpaired) electrons. The largest absolute Gasteiger partial charge is 0.334 e. The third-order valence-electron chi connectivity index (χ3n) is 6.49. The molecule has 0 saturated heterocycles. The molecule has 0 unspecified atom stereocenters. The molecule has 0 aliphatic rings. The van der Waals surface area contributed by atoms with Gasteiger partial charge in [-0.05, 0) is 55.7 Å². The monoisotopic (exact) mass is 497 g/mol. The number of benzene rings is 1. The van der Waals surface area contributed by atoms with Gasteiger partial charge in [-0.2, -0.15) is 5.10 Å². The van der Waals surface area contributed by atoms with Crippen LogP contribution in [0.15, 0.2) is 59.8 Å². The molecule has 0 fully saturated rings. The second-order valence-corrected chi connectivity index (χ2v) is 9.49. The zero-order valence-electron chi connectivity index (χ0n) is 21.6. The maximum Gasteiger partial charge on any atom is 0.334 e. The van der Waals surface area contributed by atoms with E-state index in [1.165, 1.54) is 0 Å². The van der Waals surface area contributed by atoms with Crippen molar-refractivity contribution in [1.82, 2.24) is 44.5 Å². The van der Waals surface area contributed by atoms with E-state index in [4.69, 9.17) is 4.98 Å². The number of tetrazole rings is 1. The van der Waals surface area contributed by atoms with Gasteiger partial charge in [0.05, 0.1) is 18.4 Å². The Morgan fingerprint density at radius 2 is 1.86 bits per heavy atom. The van der Waals surface area contributed by atoms with E-state index in [9.17, 15) is 4.79 Å². The Labute approximate surface area is 215 Å². The average Bonchev–Trinajstić information content (AvgIpc) is 3.64. The highest BCUT2D eigenvalue weighted by atomic mass is 16.1. The molecule has 0 aliphatic heterocycles. The summed E-state index contributed by atoms with van der Waals surface area (Å²) in [5.41, 5.74) is 5.52. The molecule has 0 amide bonds. The van der Waals surface area contributed by atoms with Gasteiger partial charge in [-0.3, -0.25) is 14.1 Å². The zero-order valence-corrected chi connectivity index (χ0v) is 21.6. The van der Waals surface area contributed by atoms with Gasteiger partial charge in [-0.25, -0.2) is 14.6 Å². The van der Waals surface area contributed by atoms with Crippen LogP contribution in [0.4, 0.5) is 0 Å². The van der Waals surface area contributed by atoms with E-state index < -0.39 is 0 Å². The molecule has 0 bridgehead atoms. The van der Waals surface area contributed by atoms with Crippen LogP contribution in [-0.4, -0.2) is 44.5 Å². The van der Waals surface area contributed by atoms with Crippen molar-refractivity contribution in [3.8, 4) is 28.3 Å². The summed E-state index contributed by atoms with van der Waals surface area (Å²) >= 11 is 0. The summed E-state index contributed by atoms with van der Waals surface area (Å²) in [7, 11) is 0. The molecule has 5 rings (SSSR count). The molecule has 1 N–H and O–H groups in total. The minimum Gasteiger partial charge on any atom is -0.290 e. The summed E-state index contributed by atoms with van der Waals surface area (Å²) < 4.78 is 5.48. The Morgan fingerprint density at radius 1 is 1.05 bits per heavy atom. The van der Waals surface area contributed by atoms with Crippen molar-refractivity contribution in [3.05, 3.63) is 82.4 Å². The molecule has 10 nitrogen and oxygen atoms in total. The third-order valence-corrected chi connectivity index (χ3v) is 6.49. The second-order valence-electron chi connectivity index (χ2n) is 9.49. The first-order chi connectivity index (χ1) is 18.0. The fourth-order valence-corrected chi connectivity index (χ4v) is 4.58. The normalized spacial score (nSPS) is 11.5. The lowest BCUT2D eigenvalue weighted by atomic mass is 10.0. The number of unbranched alkanes of at least 4 members (excludes halogenated alkanes) is 1. The summed E-state index contributed by atoms with van der Waals surface area (Å²) in [6, 6.07) is 12.1. The standard InChI is InChI=1S/C27H31N9O/c1-5-6-9-22-17-35(26-19(4)14-29-36(26)18(2)3)27(37)34(22)16-21-13-12-20(15-28-21)23-10-7-8-11-24(23)25-30-32-33-31-25/h7-8,10-15,17-18H,5-6,9,16H2,1-4H3,(H,30,31,32,33). The number of pyridine rings is 1. The van der Waals surface area contributed by atoms with Crippen LogP contribution in [0, 0.1) is 6.92 Å². The minimum atomic E-state index is -0.0781. The van der Waals surface area contributed by atoms with Gasteiger partial charge in [0.15, 0.2) is 5.82 Å². The van der Waals surface area contributed by atoms with Crippen LogP contribution in [0.5, 0.6) is 0 Å². The smallest absolute Gasteiger partial charge is 0.290 e. The average molecular weight is 498 g/mol. The maximum atomic E-state index is 13.7. The number of aromatic nitrogens is 9. The number of imidazole rings is 1. The van der Waals surface area contributed by atoms with Gasteiger partial charge in [-0.15, -0.1) is 5.10 Å². The van der Waals surface area contributed by atoms with Crippen molar-refractivity contribution in [3.63, 3.8) is 0 Å². The zero-order chi connectivity index (χ0) is 25.9. The third kappa shape index (κ3) is 4.74. The number of aryl methyl sites for hydroxylation is 2. The van der Waals surface area contributed by atoms with E-state index in [-0.39, 0.29) is 11.7 Å². The molecule has 0 saturated carbocycles. The highest BCUT2D eigenvalue weighted by Crippen LogP contribution is 2.29. The predicted molar refractivity (Wildman–Crippen MR) is 141 cm³/mol. The highest BCUT2D eigenvalue weighted by molar-refractivity contribution is 5.79. The van der Waals surface area contributed by atoms with Gasteiger partial charge in [0.1, 0.15) is 5.82 Å². The molecule has 0 atom stereocenters. The number of nitrogens with zero attached hydrogens (tertiary/aromatic N) is 8. The number of nitrogens with one attached hydrogen (secondary N) is 1. The van der Waals surface area contributed by atoms with Crippen molar-refractivity contribution >= 4 is 0 Å². The van der Waals surface area contributed by atoms with E-state index in [0.29, 0.717) is 12.4 Å². The Balaban J connectivity index is 1.49. The van der Waals surface area contributed by atoms with Crippen LogP contribution in [-0.2, 0) is 13.0 Å². The Hall–Kier alpha value is -4.34. The van der Waals surface area contributed by atoms with E-state index >= 15 is 0 Å². The lowest BCUT2D eigenvalue weighted by Crippen LogP contribution is -2.27. The Bertz CT molecular complexity index is 1540. The molecule has 37 heavy (non-hydrogen) atoms. The first-order valence-electron chi connectivity index (χ1n) is 12.6. The lowest BCUT2D eigenvalue weighted by molar-refractivity contribution is 0.518. The highest BCUT2D eigenvalue weighted by Gasteiger charge is 2.19. The molecular weight excluding hydrogens is 466 g/mol. The van der Waals surface area contributed by atoms with Gasteiger partial charge < -0.3 is 0 Å². The van der Waals surface area contributed by atoms with E-state index in [1.54, 1.807) is 4.57 Å². The number of hydrogen-bond acceptors (Lipinski definition) is 6. The van der Waals surface area contributed by atoms with Crippen molar-refractivity contribution in [1.29, 1.82) is 0 Å². The predicted octanol–water partition coefficient (Wildman–Crippen LogP) is 4.36. The fraction of sp³-hybridized carbons (Fsp3) is 0.333. The molecule has 190 valence electrons. The van der Waals surface area contributed by atoms with Crippen LogP contribution < -0.4 is 5.69 Å². The first-order valence-corrected chi connectivity index (χ1v) is 12.6. The number of hydrogen-bond donors (Lipinski definition) is 1. The summed E-state index contributed by atoms with van der Waals surface area (Å²) in [4.78, 5) is 18.4. The van der Waals surface area contributed by atoms with Gasteiger partial charge in [0.2, 0.25) is 0 Å². The quantitative estimate of drug-likeness (QED) is 0.324. The molecule has 5 aromatic rings. The van der Waals surface area contributed by atoms with E-state index in [1.807, 2.05) is 71.2 Å². The summed E-state index contributed by atoms with van der Waals surface area (Å²) in [6.07, 6.45) is 8.50. The second kappa shape index (κ2) is 10.3. The number of aromatic amines is 1.